The van der Waals surface area contributed by atoms with E-state index in [4.69, 9.17) is 10.1 Å². The molecule has 0 spiro atoms. The van der Waals surface area contributed by atoms with Crippen LogP contribution in [0, 0.1) is 5.41 Å². The van der Waals surface area contributed by atoms with Crippen LogP contribution in [0.2, 0.25) is 0 Å². The number of hydrogen-bond acceptors (Lipinski definition) is 6. The van der Waals surface area contributed by atoms with Crippen LogP contribution in [0.25, 0.3) is 6.08 Å². The van der Waals surface area contributed by atoms with Gasteiger partial charge in [0, 0.05) is 18.0 Å². The van der Waals surface area contributed by atoms with Crippen LogP contribution in [-0.2, 0) is 4.79 Å². The lowest BCUT2D eigenvalue weighted by molar-refractivity contribution is -0.114. The fourth-order valence-corrected chi connectivity index (χ4v) is 4.28. The molecule has 162 valence electrons. The van der Waals surface area contributed by atoms with Crippen molar-refractivity contribution in [3.8, 4) is 5.75 Å². The number of hydrogen-bond donors (Lipinski definition) is 1. The van der Waals surface area contributed by atoms with Gasteiger partial charge in [-0.15, -0.1) is 0 Å². The number of nitrogens with one attached hydrogen (secondary N) is 1. The van der Waals surface area contributed by atoms with Crippen molar-refractivity contribution in [2.75, 3.05) is 0 Å². The molecule has 33 heavy (non-hydrogen) atoms. The van der Waals surface area contributed by atoms with E-state index < -0.39 is 5.91 Å². The van der Waals surface area contributed by atoms with Crippen LogP contribution in [-0.4, -0.2) is 31.9 Å². The summed E-state index contributed by atoms with van der Waals surface area (Å²) >= 11 is 1.25. The Morgan fingerprint density at radius 1 is 1.06 bits per heavy atom. The van der Waals surface area contributed by atoms with E-state index in [9.17, 15) is 4.79 Å². The molecule has 0 radical (unpaired) electrons. The molecule has 2 aliphatic heterocycles. The number of carbonyl (C=O) groups is 1. The first kappa shape index (κ1) is 20.8. The summed E-state index contributed by atoms with van der Waals surface area (Å²) in [5, 5.41) is 15.4. The average Bonchev–Trinajstić information content (AvgIpc) is 3.28. The van der Waals surface area contributed by atoms with Crippen LogP contribution in [0.15, 0.2) is 94.8 Å². The highest BCUT2D eigenvalue weighted by Crippen LogP contribution is 2.31. The number of amides is 1. The lowest BCUT2D eigenvalue weighted by Gasteiger charge is -2.20. The first-order valence-electron chi connectivity index (χ1n) is 10.3. The Balaban J connectivity index is 1.34. The van der Waals surface area contributed by atoms with Crippen molar-refractivity contribution in [3.05, 3.63) is 101 Å². The van der Waals surface area contributed by atoms with Crippen molar-refractivity contribution in [2.24, 2.45) is 10.1 Å². The summed E-state index contributed by atoms with van der Waals surface area (Å²) in [4.78, 5) is 20.9. The smallest absolute Gasteiger partial charge is 0.283 e. The molecule has 0 aliphatic carbocycles. The van der Waals surface area contributed by atoms with E-state index in [0.29, 0.717) is 10.2 Å². The second-order valence-corrected chi connectivity index (χ2v) is 8.36. The predicted octanol–water partition coefficient (Wildman–Crippen LogP) is 4.89. The quantitative estimate of drug-likeness (QED) is 0.556. The molecule has 1 atom stereocenters. The number of amidine groups is 2. The Labute approximate surface area is 195 Å². The molecule has 8 heteroatoms. The number of nitrogens with zero attached hydrogens (tertiary/aromatic N) is 4. The van der Waals surface area contributed by atoms with Gasteiger partial charge in [-0.25, -0.2) is 0 Å². The van der Waals surface area contributed by atoms with E-state index in [-0.39, 0.29) is 17.5 Å². The van der Waals surface area contributed by atoms with E-state index in [2.05, 4.69) is 15.1 Å². The summed E-state index contributed by atoms with van der Waals surface area (Å²) in [6.45, 7) is 2.00. The van der Waals surface area contributed by atoms with Crippen molar-refractivity contribution in [1.82, 2.24) is 9.99 Å². The largest absolute Gasteiger partial charge is 0.486 e. The fourth-order valence-electron chi connectivity index (χ4n) is 3.40. The van der Waals surface area contributed by atoms with Gasteiger partial charge >= 0.3 is 0 Å². The van der Waals surface area contributed by atoms with E-state index in [0.717, 1.165) is 22.4 Å². The normalized spacial score (nSPS) is 17.5. The zero-order valence-electron chi connectivity index (χ0n) is 17.7. The maximum atomic E-state index is 12.6. The highest BCUT2D eigenvalue weighted by Gasteiger charge is 2.36. The van der Waals surface area contributed by atoms with E-state index >= 15 is 0 Å². The van der Waals surface area contributed by atoms with Gasteiger partial charge in [-0.3, -0.25) is 15.2 Å². The summed E-state index contributed by atoms with van der Waals surface area (Å²) in [5.41, 5.74) is 2.85. The number of rotatable bonds is 5. The number of hydrazone groups is 1. The van der Waals surface area contributed by atoms with E-state index in [1.165, 1.54) is 16.8 Å². The first-order chi connectivity index (χ1) is 16.1. The molecule has 2 aromatic carbocycles. The first-order valence-corrected chi connectivity index (χ1v) is 11.1. The molecule has 5 rings (SSSR count). The topological polar surface area (TPSA) is 91.0 Å². The zero-order chi connectivity index (χ0) is 22.8. The molecule has 1 aromatic heterocycles. The minimum Gasteiger partial charge on any atom is -0.486 e. The molecule has 0 fully saturated rings. The molecule has 0 saturated carbocycles. The number of thioether (sulfide) groups is 1. The molecular formula is C25H19N5O2S. The zero-order valence-corrected chi connectivity index (χ0v) is 18.5. The SMILES string of the molecule is C[C@@H](Oc1ccc(/C=C2/C(=N)N3N=C(c4cccnc4)SC3=NC2=O)cc1)c1ccccc1. The molecule has 3 heterocycles. The van der Waals surface area contributed by atoms with Crippen molar-refractivity contribution < 1.29 is 9.53 Å². The molecular weight excluding hydrogens is 434 g/mol. The molecule has 0 unspecified atom stereocenters. The third kappa shape index (κ3) is 4.33. The Morgan fingerprint density at radius 3 is 2.58 bits per heavy atom. The van der Waals surface area contributed by atoms with Crippen LogP contribution in [0.1, 0.15) is 29.7 Å². The highest BCUT2D eigenvalue weighted by atomic mass is 32.2. The number of fused-ring (bicyclic) bond motifs is 1. The summed E-state index contributed by atoms with van der Waals surface area (Å²) in [5.74, 6) is 0.259. The third-order valence-electron chi connectivity index (χ3n) is 5.14. The Morgan fingerprint density at radius 2 is 1.85 bits per heavy atom. The number of aliphatic imine (C=N–C) groups is 1. The van der Waals surface area contributed by atoms with Crippen LogP contribution in [0.3, 0.4) is 0 Å². The summed E-state index contributed by atoms with van der Waals surface area (Å²) in [7, 11) is 0. The van der Waals surface area contributed by atoms with Gasteiger partial charge < -0.3 is 4.74 Å². The Bertz CT molecular complexity index is 1300. The van der Waals surface area contributed by atoms with Crippen LogP contribution in [0.4, 0.5) is 0 Å². The molecule has 2 aliphatic rings. The van der Waals surface area contributed by atoms with Crippen molar-refractivity contribution in [1.29, 1.82) is 5.41 Å². The summed E-state index contributed by atoms with van der Waals surface area (Å²) in [6, 6.07) is 21.1. The number of ether oxygens (including phenoxy) is 1. The number of carbonyl (C=O) groups excluding carboxylic acids is 1. The van der Waals surface area contributed by atoms with E-state index in [1.807, 2.05) is 73.7 Å². The summed E-state index contributed by atoms with van der Waals surface area (Å²) in [6.07, 6.45) is 4.93. The highest BCUT2D eigenvalue weighted by molar-refractivity contribution is 8.27. The van der Waals surface area contributed by atoms with Crippen LogP contribution >= 0.6 is 11.8 Å². The van der Waals surface area contributed by atoms with Gasteiger partial charge in [-0.2, -0.15) is 15.1 Å². The van der Waals surface area contributed by atoms with Crippen LogP contribution in [0.5, 0.6) is 5.75 Å². The van der Waals surface area contributed by atoms with Gasteiger partial charge in [-0.1, -0.05) is 42.5 Å². The van der Waals surface area contributed by atoms with Crippen LogP contribution < -0.4 is 4.74 Å². The lowest BCUT2D eigenvalue weighted by Crippen LogP contribution is -2.35. The van der Waals surface area contributed by atoms with Gasteiger partial charge in [0.25, 0.3) is 5.91 Å². The van der Waals surface area contributed by atoms with Gasteiger partial charge in [0.15, 0.2) is 5.84 Å². The monoisotopic (exact) mass is 453 g/mol. The number of benzene rings is 2. The van der Waals surface area contributed by atoms with Crippen molar-refractivity contribution in [3.63, 3.8) is 0 Å². The molecule has 1 N–H and O–H groups in total. The lowest BCUT2D eigenvalue weighted by atomic mass is 10.1. The van der Waals surface area contributed by atoms with Gasteiger partial charge in [0.05, 0.1) is 5.57 Å². The minimum atomic E-state index is -0.459. The standard InChI is InChI=1S/C25H19N5O2S/c1-16(18-6-3-2-4-7-18)32-20-11-9-17(10-12-20)14-21-22(26)30-25(28-23(21)31)33-24(29-30)19-8-5-13-27-15-19/h2-16,26H,1H3/b21-14-,26-22?/t16-/m1/s1. The molecule has 0 bridgehead atoms. The third-order valence-corrected chi connectivity index (χ3v) is 6.09. The van der Waals surface area contributed by atoms with Gasteiger partial charge in [0.1, 0.15) is 16.9 Å². The maximum absolute atomic E-state index is 12.6. The Hall–Kier alpha value is -4.04. The average molecular weight is 454 g/mol. The number of pyridine rings is 1. The molecule has 7 nitrogen and oxygen atoms in total. The molecule has 0 saturated heterocycles. The molecule has 1 amide bonds. The van der Waals surface area contributed by atoms with Crippen molar-refractivity contribution >= 4 is 39.8 Å². The Kier molecular flexibility index (Phi) is 5.58. The second-order valence-electron chi connectivity index (χ2n) is 7.41. The fraction of sp³-hybridized carbons (Fsp3) is 0.0800. The van der Waals surface area contributed by atoms with Gasteiger partial charge in [0.2, 0.25) is 5.17 Å². The summed E-state index contributed by atoms with van der Waals surface area (Å²) < 4.78 is 6.01. The molecule has 3 aromatic rings. The van der Waals surface area contributed by atoms with Gasteiger partial charge in [-0.05, 0) is 60.2 Å². The minimum absolute atomic E-state index is 0.00517. The second kappa shape index (κ2) is 8.84. The van der Waals surface area contributed by atoms with Crippen molar-refractivity contribution in [2.45, 2.75) is 13.0 Å². The number of aromatic nitrogens is 1. The van der Waals surface area contributed by atoms with E-state index in [1.54, 1.807) is 18.5 Å². The predicted molar refractivity (Wildman–Crippen MR) is 130 cm³/mol. The maximum Gasteiger partial charge on any atom is 0.283 e.